The molecule has 1 aliphatic carbocycles. The second kappa shape index (κ2) is 8.04. The first-order chi connectivity index (χ1) is 13.6. The van der Waals surface area contributed by atoms with Gasteiger partial charge in [0.25, 0.3) is 5.91 Å². The molecule has 2 aromatic rings. The predicted octanol–water partition coefficient (Wildman–Crippen LogP) is 1.91. The molecule has 7 nitrogen and oxygen atoms in total. The van der Waals surface area contributed by atoms with Crippen LogP contribution in [0.3, 0.4) is 0 Å². The number of aromatic nitrogens is 2. The Kier molecular flexibility index (Phi) is 5.32. The van der Waals surface area contributed by atoms with E-state index in [0.29, 0.717) is 44.0 Å². The van der Waals surface area contributed by atoms with Crippen LogP contribution in [0.15, 0.2) is 30.6 Å². The largest absolute Gasteiger partial charge is 0.491 e. The summed E-state index contributed by atoms with van der Waals surface area (Å²) in [6.45, 7) is 2.29. The second-order valence-corrected chi connectivity index (χ2v) is 7.67. The van der Waals surface area contributed by atoms with E-state index in [1.807, 2.05) is 12.1 Å². The van der Waals surface area contributed by atoms with E-state index < -0.39 is 0 Å². The summed E-state index contributed by atoms with van der Waals surface area (Å²) >= 11 is 0. The van der Waals surface area contributed by atoms with E-state index in [1.165, 1.54) is 12.8 Å². The van der Waals surface area contributed by atoms with Crippen molar-refractivity contribution in [2.45, 2.75) is 32.2 Å². The molecule has 1 saturated carbocycles. The smallest absolute Gasteiger partial charge is 0.257 e. The summed E-state index contributed by atoms with van der Waals surface area (Å²) in [7, 11) is 1.80. The fourth-order valence-corrected chi connectivity index (χ4v) is 3.42. The van der Waals surface area contributed by atoms with Crippen molar-refractivity contribution in [3.63, 3.8) is 0 Å². The molecule has 7 heteroatoms. The van der Waals surface area contributed by atoms with Gasteiger partial charge in [-0.1, -0.05) is 12.1 Å². The van der Waals surface area contributed by atoms with Gasteiger partial charge in [0.2, 0.25) is 5.91 Å². The molecular formula is C21H26N4O3. The van der Waals surface area contributed by atoms with E-state index in [4.69, 9.17) is 4.74 Å². The lowest BCUT2D eigenvalue weighted by Crippen LogP contribution is -2.32. The molecule has 0 radical (unpaired) electrons. The number of carbonyl (C=O) groups excluding carboxylic acids is 2. The molecule has 0 saturated heterocycles. The van der Waals surface area contributed by atoms with Crippen LogP contribution in [0.5, 0.6) is 5.75 Å². The van der Waals surface area contributed by atoms with Crippen LogP contribution in [-0.4, -0.2) is 46.2 Å². The van der Waals surface area contributed by atoms with Gasteiger partial charge in [0, 0.05) is 38.3 Å². The number of hydrogen-bond donors (Lipinski definition) is 1. The van der Waals surface area contributed by atoms with Gasteiger partial charge in [-0.15, -0.1) is 0 Å². The van der Waals surface area contributed by atoms with Crippen LogP contribution in [0.4, 0.5) is 0 Å². The van der Waals surface area contributed by atoms with Crippen molar-refractivity contribution >= 4 is 11.8 Å². The van der Waals surface area contributed by atoms with E-state index in [0.717, 1.165) is 23.4 Å². The molecule has 0 unspecified atom stereocenters. The molecule has 2 heterocycles. The molecule has 148 valence electrons. The van der Waals surface area contributed by atoms with Crippen LogP contribution in [-0.2, 0) is 24.8 Å². The third kappa shape index (κ3) is 4.52. The van der Waals surface area contributed by atoms with Gasteiger partial charge < -0.3 is 15.0 Å². The monoisotopic (exact) mass is 382 g/mol. The lowest BCUT2D eigenvalue weighted by Gasteiger charge is -2.19. The molecule has 0 atom stereocenters. The number of nitrogens with one attached hydrogen (secondary N) is 1. The third-order valence-corrected chi connectivity index (χ3v) is 5.27. The summed E-state index contributed by atoms with van der Waals surface area (Å²) in [6.07, 6.45) is 6.95. The zero-order valence-corrected chi connectivity index (χ0v) is 16.2. The molecule has 2 aliphatic rings. The standard InChI is InChI=1S/C21H26N4O3/c1-24-13-18(12-23-24)21(27)25-8-9-28-19-6-4-15(10-17(19)14-25)5-7-20(26)22-11-16-2-3-16/h4,6,10,12-13,16H,2-3,5,7-9,11,14H2,1H3,(H,22,26). The highest BCUT2D eigenvalue weighted by molar-refractivity contribution is 5.93. The number of hydrogen-bond acceptors (Lipinski definition) is 4. The van der Waals surface area contributed by atoms with Crippen LogP contribution in [0, 0.1) is 5.92 Å². The van der Waals surface area contributed by atoms with Gasteiger partial charge in [-0.2, -0.15) is 5.10 Å². The van der Waals surface area contributed by atoms with Gasteiger partial charge in [0.05, 0.1) is 18.3 Å². The van der Waals surface area contributed by atoms with Gasteiger partial charge in [-0.05, 0) is 36.8 Å². The van der Waals surface area contributed by atoms with E-state index in [2.05, 4.69) is 16.5 Å². The number of carbonyl (C=O) groups is 2. The summed E-state index contributed by atoms with van der Waals surface area (Å²) in [5.41, 5.74) is 2.64. The Balaban J connectivity index is 1.40. The highest BCUT2D eigenvalue weighted by Gasteiger charge is 2.23. The number of nitrogens with zero attached hydrogens (tertiary/aromatic N) is 3. The molecule has 1 N–H and O–H groups in total. The first-order valence-corrected chi connectivity index (χ1v) is 9.88. The molecule has 4 rings (SSSR count). The Morgan fingerprint density at radius 2 is 2.18 bits per heavy atom. The van der Waals surface area contributed by atoms with Crippen LogP contribution in [0.2, 0.25) is 0 Å². The summed E-state index contributed by atoms with van der Waals surface area (Å²) < 4.78 is 7.46. The van der Waals surface area contributed by atoms with E-state index >= 15 is 0 Å². The lowest BCUT2D eigenvalue weighted by atomic mass is 10.0. The average molecular weight is 382 g/mol. The van der Waals surface area contributed by atoms with E-state index in [-0.39, 0.29) is 11.8 Å². The van der Waals surface area contributed by atoms with Crippen molar-refractivity contribution in [1.29, 1.82) is 0 Å². The fraction of sp³-hybridized carbons (Fsp3) is 0.476. The maximum atomic E-state index is 12.8. The van der Waals surface area contributed by atoms with Gasteiger partial charge in [-0.25, -0.2) is 0 Å². The minimum atomic E-state index is -0.0468. The SMILES string of the molecule is Cn1cc(C(=O)N2CCOc3ccc(CCC(=O)NCC4CC4)cc3C2)cn1. The van der Waals surface area contributed by atoms with Gasteiger partial charge >= 0.3 is 0 Å². The minimum Gasteiger partial charge on any atom is -0.491 e. The van der Waals surface area contributed by atoms with Crippen molar-refractivity contribution in [3.8, 4) is 5.75 Å². The van der Waals surface area contributed by atoms with Gasteiger partial charge in [0.1, 0.15) is 12.4 Å². The molecule has 0 bridgehead atoms. The van der Waals surface area contributed by atoms with Gasteiger partial charge in [0.15, 0.2) is 0 Å². The van der Waals surface area contributed by atoms with Gasteiger partial charge in [-0.3, -0.25) is 14.3 Å². The number of rotatable bonds is 6. The Hall–Kier alpha value is -2.83. The Morgan fingerprint density at radius 3 is 2.93 bits per heavy atom. The molecular weight excluding hydrogens is 356 g/mol. The number of benzene rings is 1. The quantitative estimate of drug-likeness (QED) is 0.828. The summed E-state index contributed by atoms with van der Waals surface area (Å²) in [5, 5.41) is 7.09. The van der Waals surface area contributed by atoms with Crippen LogP contribution < -0.4 is 10.1 Å². The number of ether oxygens (including phenoxy) is 1. The second-order valence-electron chi connectivity index (χ2n) is 7.67. The minimum absolute atomic E-state index is 0.0468. The molecule has 28 heavy (non-hydrogen) atoms. The topological polar surface area (TPSA) is 76.5 Å². The van der Waals surface area contributed by atoms with Crippen molar-refractivity contribution in [2.24, 2.45) is 13.0 Å². The molecule has 0 spiro atoms. The number of fused-ring (bicyclic) bond motifs is 1. The van der Waals surface area contributed by atoms with Crippen molar-refractivity contribution < 1.29 is 14.3 Å². The summed E-state index contributed by atoms with van der Waals surface area (Å²) in [6, 6.07) is 6.01. The normalized spacial score (nSPS) is 16.1. The van der Waals surface area contributed by atoms with Crippen LogP contribution in [0.1, 0.15) is 40.7 Å². The highest BCUT2D eigenvalue weighted by atomic mass is 16.5. The Morgan fingerprint density at radius 1 is 1.32 bits per heavy atom. The molecule has 1 aliphatic heterocycles. The maximum Gasteiger partial charge on any atom is 0.257 e. The van der Waals surface area contributed by atoms with Crippen LogP contribution in [0.25, 0.3) is 0 Å². The van der Waals surface area contributed by atoms with Crippen molar-refractivity contribution in [1.82, 2.24) is 20.0 Å². The Labute approximate surface area is 164 Å². The lowest BCUT2D eigenvalue weighted by molar-refractivity contribution is -0.121. The van der Waals surface area contributed by atoms with Crippen molar-refractivity contribution in [2.75, 3.05) is 19.7 Å². The molecule has 1 aromatic heterocycles. The third-order valence-electron chi connectivity index (χ3n) is 5.27. The highest BCUT2D eigenvalue weighted by Crippen LogP contribution is 2.28. The van der Waals surface area contributed by atoms with Crippen LogP contribution >= 0.6 is 0 Å². The Bertz CT molecular complexity index is 872. The first-order valence-electron chi connectivity index (χ1n) is 9.88. The molecule has 1 fully saturated rings. The zero-order chi connectivity index (χ0) is 19.5. The molecule has 2 amide bonds. The zero-order valence-electron chi connectivity index (χ0n) is 16.2. The fourth-order valence-electron chi connectivity index (χ4n) is 3.42. The summed E-state index contributed by atoms with van der Waals surface area (Å²) in [4.78, 5) is 26.6. The molecule has 1 aromatic carbocycles. The maximum absolute atomic E-state index is 12.8. The number of amides is 2. The number of aryl methyl sites for hydroxylation is 2. The van der Waals surface area contributed by atoms with E-state index in [1.54, 1.807) is 29.0 Å². The van der Waals surface area contributed by atoms with E-state index in [9.17, 15) is 9.59 Å². The summed E-state index contributed by atoms with van der Waals surface area (Å²) in [5.74, 6) is 1.56. The predicted molar refractivity (Wildman–Crippen MR) is 104 cm³/mol. The first kappa shape index (κ1) is 18.5. The average Bonchev–Trinajstić information content (AvgIpc) is 3.46. The van der Waals surface area contributed by atoms with Crippen molar-refractivity contribution in [3.05, 3.63) is 47.3 Å².